The largest absolute Gasteiger partial charge is 0.456 e. The Balaban J connectivity index is 0.0000000998. The summed E-state index contributed by atoms with van der Waals surface area (Å²) < 4.78 is 13.9. The van der Waals surface area contributed by atoms with Gasteiger partial charge in [-0.05, 0) is 238 Å². The molecule has 11 heteroatoms. The Morgan fingerprint density at radius 1 is 0.199 bits per heavy atom. The van der Waals surface area contributed by atoms with Gasteiger partial charge in [0.25, 0.3) is 0 Å². The number of thiophene rings is 3. The van der Waals surface area contributed by atoms with Crippen LogP contribution in [0.4, 0.5) is 17.1 Å². The Morgan fingerprint density at radius 2 is 0.575 bits per heavy atom. The van der Waals surface area contributed by atoms with Gasteiger partial charge in [-0.3, -0.25) is 0 Å². The van der Waals surface area contributed by atoms with Gasteiger partial charge in [-0.15, -0.1) is 34.0 Å². The number of anilines is 3. The zero-order valence-corrected chi connectivity index (χ0v) is 81.4. The first-order valence-electron chi connectivity index (χ1n) is 49.7. The van der Waals surface area contributed by atoms with Crippen molar-refractivity contribution in [1.82, 2.24) is 29.9 Å². The Labute approximate surface area is 849 Å². The molecule has 0 saturated carbocycles. The smallest absolute Gasteiger partial charge is 0.165 e. The van der Waals surface area contributed by atoms with Crippen LogP contribution in [0.25, 0.3) is 292 Å². The fraction of sp³-hybridized carbons (Fsp3) is 0.0222. The Bertz CT molecular complexity index is 10900. The van der Waals surface area contributed by atoms with E-state index >= 15 is 0 Å². The third kappa shape index (κ3) is 12.5. The number of benzene rings is 26. The van der Waals surface area contributed by atoms with E-state index in [0.717, 1.165) is 77.9 Å². The van der Waals surface area contributed by atoms with Crippen molar-refractivity contribution in [2.45, 2.75) is 19.3 Å². The number of para-hydroxylation sites is 2. The first-order valence-corrected chi connectivity index (χ1v) is 52.1. The number of hydrogen-bond acceptors (Lipinski definition) is 11. The van der Waals surface area contributed by atoms with E-state index in [4.69, 9.17) is 34.3 Å². The highest BCUT2D eigenvalue weighted by Gasteiger charge is 2.38. The van der Waals surface area contributed by atoms with E-state index in [-0.39, 0.29) is 5.41 Å². The van der Waals surface area contributed by atoms with Crippen molar-refractivity contribution in [2.24, 2.45) is 0 Å². The third-order valence-corrected chi connectivity index (χ3v) is 34.4. The summed E-state index contributed by atoms with van der Waals surface area (Å²) in [6, 6.07) is 159. The van der Waals surface area contributed by atoms with Crippen molar-refractivity contribution in [2.75, 3.05) is 4.90 Å². The number of aromatic nitrogens is 6. The predicted molar refractivity (Wildman–Crippen MR) is 618 cm³/mol. The van der Waals surface area contributed by atoms with E-state index in [1.54, 1.807) is 0 Å². The van der Waals surface area contributed by atoms with Crippen LogP contribution < -0.4 is 4.90 Å². The summed E-state index contributed by atoms with van der Waals surface area (Å²) in [6.07, 6.45) is 0. The molecule has 0 fully saturated rings. The van der Waals surface area contributed by atoms with E-state index < -0.39 is 0 Å². The fourth-order valence-electron chi connectivity index (χ4n) is 24.2. The SMILES string of the molecule is CC1(C)c2ccccc2-c2c(-c3nc(-c4ccccc4)nc(-c4ccc5c6cccc7ccc8ccc9sc4c5c9c8c76)n3)cccc21.c1ccc(-c2ccc(-c3nc(-c4ccccc4)nc(-c4ccc5c6cccc7ccc8ccc9sc4c5c9c8c76)n3)cc2)cc1.c1ccc(N(c2ccc(-c3cccc(-c4cc5ccc6cccc7c8cccc9sc4c(c98)c5c67)c3)cc2)c2ccc3oc4ccccc4c3c2)cc1. The van der Waals surface area contributed by atoms with Crippen molar-refractivity contribution < 1.29 is 4.42 Å². The molecule has 33 rings (SSSR count). The summed E-state index contributed by atoms with van der Waals surface area (Å²) in [4.78, 5) is 33.3. The predicted octanol–water partition coefficient (Wildman–Crippen LogP) is 38.2. The minimum Gasteiger partial charge on any atom is -0.456 e. The maximum atomic E-state index is 6.17. The van der Waals surface area contributed by atoms with Gasteiger partial charge in [0.2, 0.25) is 0 Å². The van der Waals surface area contributed by atoms with Gasteiger partial charge < -0.3 is 9.32 Å². The fourth-order valence-corrected chi connectivity index (χ4v) is 28.0. The van der Waals surface area contributed by atoms with Crippen LogP contribution in [-0.2, 0) is 5.41 Å². The van der Waals surface area contributed by atoms with Gasteiger partial charge in [0.15, 0.2) is 34.9 Å². The topological polar surface area (TPSA) is 93.7 Å². The molecule has 0 N–H and O–H groups in total. The second kappa shape index (κ2) is 32.0. The first-order chi connectivity index (χ1) is 72.1. The molecule has 0 spiro atoms. The summed E-state index contributed by atoms with van der Waals surface area (Å²) in [6.45, 7) is 4.63. The molecule has 146 heavy (non-hydrogen) atoms. The number of rotatable bonds is 12. The van der Waals surface area contributed by atoms with Gasteiger partial charge in [-0.1, -0.05) is 366 Å². The lowest BCUT2D eigenvalue weighted by Gasteiger charge is -2.25. The van der Waals surface area contributed by atoms with Crippen LogP contribution >= 0.6 is 34.0 Å². The van der Waals surface area contributed by atoms with Crippen molar-refractivity contribution in [3.05, 3.63) is 454 Å². The van der Waals surface area contributed by atoms with Crippen LogP contribution in [0, 0.1) is 0 Å². The van der Waals surface area contributed by atoms with Gasteiger partial charge in [-0.2, -0.15) is 0 Å². The molecule has 26 aromatic carbocycles. The highest BCUT2D eigenvalue weighted by atomic mass is 32.1. The summed E-state index contributed by atoms with van der Waals surface area (Å²) in [5.74, 6) is 4.12. The van der Waals surface area contributed by atoms with Gasteiger partial charge in [0.1, 0.15) is 11.2 Å². The average Bonchev–Trinajstić information content (AvgIpc) is 1.51. The van der Waals surface area contributed by atoms with Crippen LogP contribution in [0.15, 0.2) is 447 Å². The van der Waals surface area contributed by atoms with Gasteiger partial charge in [0.05, 0.1) is 0 Å². The lowest BCUT2D eigenvalue weighted by Crippen LogP contribution is -2.14. The Morgan fingerprint density at radius 3 is 1.18 bits per heavy atom. The minimum absolute atomic E-state index is 0.114. The van der Waals surface area contributed by atoms with Crippen molar-refractivity contribution in [3.8, 4) is 113 Å². The molecule has 1 aliphatic carbocycles. The molecule has 0 bridgehead atoms. The number of furan rings is 1. The number of fused-ring (bicyclic) bond motifs is 9. The standard InChI is InChI=1S/C50H29NOS.C44H27N3S.C41H23N3S/c1-2-12-35(13-3-1)51(37-25-26-44-42(29-37)38-14-4-5-17-43(38)52-44)36-23-21-30(22-24-36)32-10-6-11-33(27-32)41-28-34-20-19-31-9-7-15-39-40-16-8-18-45-48(40)49(50(41)53-45)47(34)46(31)39;1-44(2)32-16-7-6-13-29(32)37-30(15-9-17-33(37)44)42-45-41(26-10-4-3-5-11-26)46-43(47-42)31-22-21-28-27-14-8-12-24-18-19-25-20-23-34-39(36(25)35(24)27)38(28)40(31)48-34;1-3-8-24(9-4-1)25-14-18-29(19-15-25)40-42-39(28-10-5-2-6-11-28)43-41(44-40)32-22-21-31-30-13-7-12-26-16-17-27-20-23-33-37(35(27)34(26)30)36(31)38(32)45-33/h1-29H;3-23H,1-2H3;1-23H. The Kier molecular flexibility index (Phi) is 18.1. The normalized spacial score (nSPS) is 12.6. The number of hydrogen-bond donors (Lipinski definition) is 0. The molecule has 6 heterocycles. The van der Waals surface area contributed by atoms with Crippen LogP contribution in [0.1, 0.15) is 25.0 Å². The average molecular weight is 1910 g/mol. The zero-order valence-electron chi connectivity index (χ0n) is 78.9. The van der Waals surface area contributed by atoms with Crippen molar-refractivity contribution in [1.29, 1.82) is 0 Å². The molecule has 0 atom stereocenters. The van der Waals surface area contributed by atoms with E-state index in [0.29, 0.717) is 34.9 Å². The molecule has 8 nitrogen and oxygen atoms in total. The maximum absolute atomic E-state index is 6.17. The van der Waals surface area contributed by atoms with E-state index in [9.17, 15) is 0 Å². The summed E-state index contributed by atoms with van der Waals surface area (Å²) in [5, 5.41) is 34.2. The molecular formula is C135H79N7OS3. The minimum atomic E-state index is -0.114. The van der Waals surface area contributed by atoms with Gasteiger partial charge in [-0.25, -0.2) is 29.9 Å². The Hall–Kier alpha value is -18.1. The highest BCUT2D eigenvalue weighted by molar-refractivity contribution is 7.27. The summed E-state index contributed by atoms with van der Waals surface area (Å²) in [7, 11) is 0. The van der Waals surface area contributed by atoms with Crippen molar-refractivity contribution in [3.63, 3.8) is 0 Å². The van der Waals surface area contributed by atoms with Crippen molar-refractivity contribution >= 4 is 230 Å². The molecule has 32 aromatic rings. The lowest BCUT2D eigenvalue weighted by molar-refractivity contribution is 0.660. The molecule has 0 saturated heterocycles. The second-order valence-corrected chi connectivity index (χ2v) is 42.3. The molecular weight excluding hydrogens is 1830 g/mol. The first kappa shape index (κ1) is 82.6. The molecule has 0 radical (unpaired) electrons. The van der Waals surface area contributed by atoms with Crippen LogP contribution in [0.3, 0.4) is 0 Å². The number of nitrogens with zero attached hydrogens (tertiary/aromatic N) is 7. The lowest BCUT2D eigenvalue weighted by atomic mass is 9.82. The van der Waals surface area contributed by atoms with Gasteiger partial charge in [0, 0.05) is 133 Å². The highest BCUT2D eigenvalue weighted by Crippen LogP contribution is 2.58. The second-order valence-electron chi connectivity index (χ2n) is 39.2. The van der Waals surface area contributed by atoms with Crippen LogP contribution in [-0.4, -0.2) is 29.9 Å². The van der Waals surface area contributed by atoms with E-state index in [2.05, 4.69) is 407 Å². The molecule has 0 unspecified atom stereocenters. The zero-order chi connectivity index (χ0) is 95.8. The third-order valence-electron chi connectivity index (χ3n) is 30.9. The quantitative estimate of drug-likeness (QED) is 0.0882. The molecule has 6 aromatic heterocycles. The molecule has 0 aliphatic heterocycles. The molecule has 0 amide bonds. The van der Waals surface area contributed by atoms with Gasteiger partial charge >= 0.3 is 0 Å². The van der Waals surface area contributed by atoms with E-state index in [1.807, 2.05) is 88.6 Å². The summed E-state index contributed by atoms with van der Waals surface area (Å²) >= 11 is 5.62. The molecule has 1 aliphatic rings. The molecule has 678 valence electrons. The maximum Gasteiger partial charge on any atom is 0.165 e. The van der Waals surface area contributed by atoms with Crippen LogP contribution in [0.2, 0.25) is 0 Å². The summed E-state index contributed by atoms with van der Waals surface area (Å²) in [5.41, 5.74) is 23.4. The van der Waals surface area contributed by atoms with E-state index in [1.165, 1.54) is 208 Å². The van der Waals surface area contributed by atoms with Crippen LogP contribution in [0.5, 0.6) is 0 Å². The monoisotopic (exact) mass is 1910 g/mol.